The second kappa shape index (κ2) is 2.25. The van der Waals surface area contributed by atoms with Crippen LogP contribution in [0.2, 0.25) is 0 Å². The molecule has 1 nitrogen and oxygen atoms in total. The summed E-state index contributed by atoms with van der Waals surface area (Å²) < 4.78 is 0. The fourth-order valence-electron chi connectivity index (χ4n) is 2.63. The van der Waals surface area contributed by atoms with Gasteiger partial charge in [-0.1, -0.05) is 13.8 Å². The van der Waals surface area contributed by atoms with E-state index in [1.807, 2.05) is 0 Å². The Balaban J connectivity index is 3.05. The van der Waals surface area contributed by atoms with Gasteiger partial charge in [-0.2, -0.15) is 0 Å². The Kier molecular flexibility index (Phi) is 1.89. The molecule has 1 aliphatic rings. The number of likely N-dealkylation sites (tertiary alicyclic amines) is 1. The highest BCUT2D eigenvalue weighted by Crippen LogP contribution is 2.51. The zero-order valence-corrected chi connectivity index (χ0v) is 9.65. The molecule has 1 saturated heterocycles. The van der Waals surface area contributed by atoms with Crippen molar-refractivity contribution in [2.24, 2.45) is 5.41 Å². The van der Waals surface area contributed by atoms with Crippen molar-refractivity contribution in [1.82, 2.24) is 4.90 Å². The number of hydrogen-bond acceptors (Lipinski definition) is 1. The molecule has 1 aliphatic heterocycles. The summed E-state index contributed by atoms with van der Waals surface area (Å²) >= 11 is 0. The van der Waals surface area contributed by atoms with Gasteiger partial charge in [0.05, 0.1) is 0 Å². The van der Waals surface area contributed by atoms with E-state index in [0.29, 0.717) is 16.5 Å². The topological polar surface area (TPSA) is 3.24 Å². The SMILES string of the molecule is CN1C(C)(C)CC(C)(C)C1(C)C. The molecule has 0 aromatic heterocycles. The molecule has 1 rings (SSSR count). The van der Waals surface area contributed by atoms with Crippen molar-refractivity contribution in [3.8, 4) is 0 Å². The zero-order chi connectivity index (χ0) is 9.78. The third-order valence-corrected chi connectivity index (χ3v) is 4.28. The van der Waals surface area contributed by atoms with Gasteiger partial charge in [0.2, 0.25) is 0 Å². The monoisotopic (exact) mass is 169 g/mol. The summed E-state index contributed by atoms with van der Waals surface area (Å²) in [6, 6.07) is 0. The minimum absolute atomic E-state index is 0.316. The van der Waals surface area contributed by atoms with Crippen molar-refractivity contribution in [2.45, 2.75) is 59.0 Å². The molecule has 0 amide bonds. The smallest absolute Gasteiger partial charge is 0.0207 e. The Morgan fingerprint density at radius 2 is 1.33 bits per heavy atom. The molecule has 0 aromatic rings. The molecule has 0 unspecified atom stereocenters. The van der Waals surface area contributed by atoms with E-state index >= 15 is 0 Å². The molecule has 0 radical (unpaired) electrons. The summed E-state index contributed by atoms with van der Waals surface area (Å²) in [5, 5.41) is 0. The van der Waals surface area contributed by atoms with Crippen molar-refractivity contribution in [1.29, 1.82) is 0 Å². The second-order valence-electron chi connectivity index (χ2n) is 5.99. The molecule has 0 atom stereocenters. The maximum absolute atomic E-state index is 2.51. The first kappa shape index (κ1) is 10.0. The van der Waals surface area contributed by atoms with Crippen molar-refractivity contribution >= 4 is 0 Å². The first-order chi connectivity index (χ1) is 5.11. The van der Waals surface area contributed by atoms with Gasteiger partial charge in [0.25, 0.3) is 0 Å². The van der Waals surface area contributed by atoms with E-state index < -0.39 is 0 Å². The quantitative estimate of drug-likeness (QED) is 0.539. The van der Waals surface area contributed by atoms with Gasteiger partial charge < -0.3 is 0 Å². The van der Waals surface area contributed by atoms with E-state index in [1.165, 1.54) is 6.42 Å². The second-order valence-corrected chi connectivity index (χ2v) is 5.99. The van der Waals surface area contributed by atoms with E-state index in [4.69, 9.17) is 0 Å². The predicted molar refractivity (Wildman–Crippen MR) is 54.3 cm³/mol. The summed E-state index contributed by atoms with van der Waals surface area (Å²) in [4.78, 5) is 2.51. The molecule has 1 heterocycles. The number of nitrogens with zero attached hydrogens (tertiary/aromatic N) is 1. The van der Waals surface area contributed by atoms with Gasteiger partial charge in [-0.05, 0) is 46.6 Å². The molecule has 0 bridgehead atoms. The van der Waals surface area contributed by atoms with Crippen molar-refractivity contribution in [3.63, 3.8) is 0 Å². The normalized spacial score (nSPS) is 32.2. The fourth-order valence-corrected chi connectivity index (χ4v) is 2.63. The van der Waals surface area contributed by atoms with Gasteiger partial charge in [-0.15, -0.1) is 0 Å². The number of hydrogen-bond donors (Lipinski definition) is 0. The Bertz CT molecular complexity index is 189. The van der Waals surface area contributed by atoms with Crippen LogP contribution < -0.4 is 0 Å². The molecule has 1 fully saturated rings. The van der Waals surface area contributed by atoms with Crippen LogP contribution in [-0.4, -0.2) is 23.0 Å². The maximum Gasteiger partial charge on any atom is 0.0207 e. The largest absolute Gasteiger partial charge is 0.296 e. The molecule has 12 heavy (non-hydrogen) atoms. The van der Waals surface area contributed by atoms with Crippen LogP contribution in [0.25, 0.3) is 0 Å². The Hall–Kier alpha value is -0.0400. The Morgan fingerprint density at radius 3 is 1.42 bits per heavy atom. The Morgan fingerprint density at radius 1 is 0.917 bits per heavy atom. The van der Waals surface area contributed by atoms with Crippen molar-refractivity contribution in [2.75, 3.05) is 7.05 Å². The standard InChI is InChI=1S/C11H23N/c1-9(2)8-10(3,4)12(7)11(9,5)6/h8H2,1-7H3. The lowest BCUT2D eigenvalue weighted by Crippen LogP contribution is -2.48. The van der Waals surface area contributed by atoms with Crippen LogP contribution in [0.4, 0.5) is 0 Å². The highest BCUT2D eigenvalue weighted by atomic mass is 15.3. The highest BCUT2D eigenvalue weighted by Gasteiger charge is 2.53. The summed E-state index contributed by atoms with van der Waals surface area (Å²) in [7, 11) is 2.24. The maximum atomic E-state index is 2.51. The lowest BCUT2D eigenvalue weighted by Gasteiger charge is -2.41. The molecular weight excluding hydrogens is 146 g/mol. The van der Waals surface area contributed by atoms with Crippen LogP contribution in [0, 0.1) is 5.41 Å². The van der Waals surface area contributed by atoms with Gasteiger partial charge in [0.15, 0.2) is 0 Å². The minimum Gasteiger partial charge on any atom is -0.296 e. The van der Waals surface area contributed by atoms with Gasteiger partial charge in [0, 0.05) is 11.1 Å². The minimum atomic E-state index is 0.316. The molecule has 0 saturated carbocycles. The number of rotatable bonds is 0. The van der Waals surface area contributed by atoms with E-state index in [1.54, 1.807) is 0 Å². The molecule has 1 heteroatoms. The van der Waals surface area contributed by atoms with Gasteiger partial charge in [-0.3, -0.25) is 4.90 Å². The first-order valence-corrected chi connectivity index (χ1v) is 4.85. The van der Waals surface area contributed by atoms with E-state index in [-0.39, 0.29) is 0 Å². The highest BCUT2D eigenvalue weighted by molar-refractivity contribution is 5.08. The molecular formula is C11H23N. The fraction of sp³-hybridized carbons (Fsp3) is 1.00. The first-order valence-electron chi connectivity index (χ1n) is 4.85. The predicted octanol–water partition coefficient (Wildman–Crippen LogP) is 2.91. The van der Waals surface area contributed by atoms with Crippen LogP contribution in [0.1, 0.15) is 48.0 Å². The van der Waals surface area contributed by atoms with Crippen molar-refractivity contribution in [3.05, 3.63) is 0 Å². The van der Waals surface area contributed by atoms with E-state index in [2.05, 4.69) is 53.5 Å². The molecule has 0 N–H and O–H groups in total. The van der Waals surface area contributed by atoms with Crippen LogP contribution in [-0.2, 0) is 0 Å². The van der Waals surface area contributed by atoms with E-state index in [0.717, 1.165) is 0 Å². The lowest BCUT2D eigenvalue weighted by atomic mass is 9.74. The van der Waals surface area contributed by atoms with Gasteiger partial charge in [0.1, 0.15) is 0 Å². The lowest BCUT2D eigenvalue weighted by molar-refractivity contribution is 0.0756. The Labute approximate surface area is 77.1 Å². The molecule has 0 spiro atoms. The van der Waals surface area contributed by atoms with Crippen LogP contribution in [0.3, 0.4) is 0 Å². The molecule has 0 aromatic carbocycles. The van der Waals surface area contributed by atoms with E-state index in [9.17, 15) is 0 Å². The van der Waals surface area contributed by atoms with Crippen LogP contribution >= 0.6 is 0 Å². The summed E-state index contributed by atoms with van der Waals surface area (Å²) in [6.07, 6.45) is 1.28. The zero-order valence-electron chi connectivity index (χ0n) is 9.65. The van der Waals surface area contributed by atoms with Gasteiger partial charge in [-0.25, -0.2) is 0 Å². The average Bonchev–Trinajstić information content (AvgIpc) is 1.90. The third kappa shape index (κ3) is 1.10. The average molecular weight is 169 g/mol. The summed E-state index contributed by atoms with van der Waals surface area (Å²) in [5.41, 5.74) is 1.09. The van der Waals surface area contributed by atoms with Crippen molar-refractivity contribution < 1.29 is 0 Å². The molecule has 72 valence electrons. The van der Waals surface area contributed by atoms with Crippen LogP contribution in [0.5, 0.6) is 0 Å². The summed E-state index contributed by atoms with van der Waals surface area (Å²) in [6.45, 7) is 14.1. The third-order valence-electron chi connectivity index (χ3n) is 4.28. The summed E-state index contributed by atoms with van der Waals surface area (Å²) in [5.74, 6) is 0. The van der Waals surface area contributed by atoms with Gasteiger partial charge >= 0.3 is 0 Å². The molecule has 0 aliphatic carbocycles. The van der Waals surface area contributed by atoms with Crippen LogP contribution in [0.15, 0.2) is 0 Å².